The SMILES string of the molecule is COC1CCCC=C1[O-].[Li+]. The summed E-state index contributed by atoms with van der Waals surface area (Å²) >= 11 is 0. The summed E-state index contributed by atoms with van der Waals surface area (Å²) < 4.78 is 4.92. The van der Waals surface area contributed by atoms with Gasteiger partial charge in [-0.3, -0.25) is 0 Å². The summed E-state index contributed by atoms with van der Waals surface area (Å²) in [7, 11) is 1.59. The van der Waals surface area contributed by atoms with Gasteiger partial charge in [-0.15, -0.1) is 5.76 Å². The number of rotatable bonds is 1. The minimum absolute atomic E-state index is 0. The topological polar surface area (TPSA) is 32.3 Å². The van der Waals surface area contributed by atoms with Crippen molar-refractivity contribution >= 4 is 0 Å². The second-order valence-corrected chi connectivity index (χ2v) is 2.26. The van der Waals surface area contributed by atoms with Crippen LogP contribution in [0.2, 0.25) is 0 Å². The molecule has 0 aromatic rings. The summed E-state index contributed by atoms with van der Waals surface area (Å²) in [5.74, 6) is 0.156. The zero-order chi connectivity index (χ0) is 6.69. The van der Waals surface area contributed by atoms with E-state index >= 15 is 0 Å². The molecule has 0 aromatic heterocycles. The Bertz CT molecular complexity index is 123. The van der Waals surface area contributed by atoms with Crippen LogP contribution >= 0.6 is 0 Å². The van der Waals surface area contributed by atoms with Crippen molar-refractivity contribution in [1.29, 1.82) is 0 Å². The van der Waals surface area contributed by atoms with Crippen molar-refractivity contribution in [1.82, 2.24) is 0 Å². The Morgan fingerprint density at radius 1 is 1.70 bits per heavy atom. The van der Waals surface area contributed by atoms with Gasteiger partial charge in [-0.2, -0.15) is 0 Å². The molecule has 0 saturated carbocycles. The van der Waals surface area contributed by atoms with Crippen LogP contribution < -0.4 is 24.0 Å². The van der Waals surface area contributed by atoms with E-state index in [9.17, 15) is 5.11 Å². The van der Waals surface area contributed by atoms with Crippen molar-refractivity contribution in [3.05, 3.63) is 11.8 Å². The van der Waals surface area contributed by atoms with Crippen LogP contribution in [0.25, 0.3) is 0 Å². The van der Waals surface area contributed by atoms with Crippen molar-refractivity contribution in [3.63, 3.8) is 0 Å². The molecule has 0 spiro atoms. The molecule has 1 aliphatic carbocycles. The van der Waals surface area contributed by atoms with E-state index in [0.717, 1.165) is 19.3 Å². The third kappa shape index (κ3) is 2.38. The number of methoxy groups -OCH3 is 1. The first-order valence-electron chi connectivity index (χ1n) is 3.24. The van der Waals surface area contributed by atoms with E-state index in [4.69, 9.17) is 4.74 Å². The molecule has 0 aromatic carbocycles. The second kappa shape index (κ2) is 4.84. The van der Waals surface area contributed by atoms with E-state index in [1.807, 2.05) is 0 Å². The molecule has 3 heteroatoms. The van der Waals surface area contributed by atoms with E-state index in [2.05, 4.69) is 0 Å². The first-order valence-corrected chi connectivity index (χ1v) is 3.24. The molecule has 2 nitrogen and oxygen atoms in total. The predicted octanol–water partition coefficient (Wildman–Crippen LogP) is -2.57. The minimum atomic E-state index is -0.140. The standard InChI is InChI=1S/C7H12O2.Li/c1-9-7-5-3-2-4-6(7)8;/h4,7-8H,2-3,5H2,1H3;/q;+1/p-1. The van der Waals surface area contributed by atoms with Gasteiger partial charge < -0.3 is 9.84 Å². The van der Waals surface area contributed by atoms with E-state index in [1.54, 1.807) is 13.2 Å². The Kier molecular flexibility index (Phi) is 4.89. The van der Waals surface area contributed by atoms with E-state index < -0.39 is 0 Å². The van der Waals surface area contributed by atoms with Gasteiger partial charge in [0.05, 0.1) is 6.10 Å². The summed E-state index contributed by atoms with van der Waals surface area (Å²) in [4.78, 5) is 0. The van der Waals surface area contributed by atoms with Crippen molar-refractivity contribution in [2.45, 2.75) is 25.4 Å². The van der Waals surface area contributed by atoms with E-state index in [0.29, 0.717) is 0 Å². The molecule has 1 rings (SSSR count). The van der Waals surface area contributed by atoms with Gasteiger partial charge >= 0.3 is 18.9 Å². The number of ether oxygens (including phenoxy) is 1. The summed E-state index contributed by atoms with van der Waals surface area (Å²) in [6, 6.07) is 0. The van der Waals surface area contributed by atoms with Crippen LogP contribution in [0.1, 0.15) is 19.3 Å². The monoisotopic (exact) mass is 134 g/mol. The third-order valence-corrected chi connectivity index (χ3v) is 1.62. The van der Waals surface area contributed by atoms with E-state index in [1.165, 1.54) is 0 Å². The van der Waals surface area contributed by atoms with Gasteiger partial charge in [-0.25, -0.2) is 0 Å². The molecule has 1 atom stereocenters. The Morgan fingerprint density at radius 3 is 2.80 bits per heavy atom. The molecular weight excluding hydrogens is 123 g/mol. The van der Waals surface area contributed by atoms with Gasteiger partial charge in [0.1, 0.15) is 0 Å². The largest absolute Gasteiger partial charge is 1.00 e. The van der Waals surface area contributed by atoms with Crippen molar-refractivity contribution in [2.75, 3.05) is 7.11 Å². The Hall–Kier alpha value is 0.0974. The normalized spacial score (nSPS) is 24.9. The molecule has 0 fully saturated rings. The first-order chi connectivity index (χ1) is 4.34. The van der Waals surface area contributed by atoms with Crippen molar-refractivity contribution in [2.24, 2.45) is 0 Å². The molecule has 0 saturated heterocycles. The third-order valence-electron chi connectivity index (χ3n) is 1.62. The zero-order valence-electron chi connectivity index (χ0n) is 6.59. The molecule has 0 N–H and O–H groups in total. The van der Waals surface area contributed by atoms with Gasteiger partial charge in [0, 0.05) is 7.11 Å². The van der Waals surface area contributed by atoms with Crippen LogP contribution in [0.5, 0.6) is 0 Å². The zero-order valence-corrected chi connectivity index (χ0v) is 6.59. The van der Waals surface area contributed by atoms with Gasteiger partial charge in [0.25, 0.3) is 0 Å². The second-order valence-electron chi connectivity index (χ2n) is 2.26. The Balaban J connectivity index is 0.000000810. The Morgan fingerprint density at radius 2 is 2.40 bits per heavy atom. The molecular formula is C7H11LiO2. The summed E-state index contributed by atoms with van der Waals surface area (Å²) in [6.07, 6.45) is 4.49. The van der Waals surface area contributed by atoms with Crippen molar-refractivity contribution in [3.8, 4) is 0 Å². The molecule has 52 valence electrons. The molecule has 1 aliphatic rings. The predicted molar refractivity (Wildman–Crippen MR) is 32.7 cm³/mol. The van der Waals surface area contributed by atoms with Crippen LogP contribution in [0.4, 0.5) is 0 Å². The quantitative estimate of drug-likeness (QED) is 0.369. The maximum atomic E-state index is 10.8. The van der Waals surface area contributed by atoms with Gasteiger partial charge in [-0.05, 0) is 19.3 Å². The number of allylic oxidation sites excluding steroid dienone is 1. The smallest absolute Gasteiger partial charge is 0.874 e. The molecule has 1 unspecified atom stereocenters. The molecule has 10 heavy (non-hydrogen) atoms. The summed E-state index contributed by atoms with van der Waals surface area (Å²) in [5.41, 5.74) is 0. The maximum Gasteiger partial charge on any atom is 1.00 e. The van der Waals surface area contributed by atoms with Crippen LogP contribution in [0.3, 0.4) is 0 Å². The Labute approximate surface area is 73.4 Å². The summed E-state index contributed by atoms with van der Waals surface area (Å²) in [6.45, 7) is 0. The fraction of sp³-hybridized carbons (Fsp3) is 0.714. The van der Waals surface area contributed by atoms with Crippen molar-refractivity contribution < 1.29 is 28.7 Å². The molecule has 0 radical (unpaired) electrons. The van der Waals surface area contributed by atoms with Gasteiger partial charge in [-0.1, -0.05) is 6.08 Å². The average Bonchev–Trinajstić information content (AvgIpc) is 1.89. The molecule has 0 bridgehead atoms. The van der Waals surface area contributed by atoms with E-state index in [-0.39, 0.29) is 30.7 Å². The van der Waals surface area contributed by atoms with Gasteiger partial charge in [0.15, 0.2) is 0 Å². The van der Waals surface area contributed by atoms with Gasteiger partial charge in [0.2, 0.25) is 0 Å². The molecule has 0 amide bonds. The summed E-state index contributed by atoms with van der Waals surface area (Å²) in [5, 5.41) is 10.8. The van der Waals surface area contributed by atoms with Crippen LogP contribution in [0, 0.1) is 0 Å². The van der Waals surface area contributed by atoms with Crippen LogP contribution in [0.15, 0.2) is 11.8 Å². The molecule has 0 heterocycles. The maximum absolute atomic E-state index is 10.8. The fourth-order valence-corrected chi connectivity index (χ4v) is 1.06. The first kappa shape index (κ1) is 10.1. The minimum Gasteiger partial charge on any atom is -0.874 e. The molecule has 0 aliphatic heterocycles. The fourth-order valence-electron chi connectivity index (χ4n) is 1.06. The number of hydrogen-bond donors (Lipinski definition) is 0. The number of hydrogen-bond acceptors (Lipinski definition) is 2. The van der Waals surface area contributed by atoms with Crippen LogP contribution in [-0.2, 0) is 4.74 Å². The average molecular weight is 134 g/mol. The van der Waals surface area contributed by atoms with Crippen LogP contribution in [-0.4, -0.2) is 13.2 Å².